The summed E-state index contributed by atoms with van der Waals surface area (Å²) in [5, 5.41) is 6.08. The highest BCUT2D eigenvalue weighted by Crippen LogP contribution is 2.10. The monoisotopic (exact) mass is 297 g/mol. The van der Waals surface area contributed by atoms with Crippen LogP contribution in [0.2, 0.25) is 0 Å². The minimum Gasteiger partial charge on any atom is -0.351 e. The average molecular weight is 297 g/mol. The van der Waals surface area contributed by atoms with Crippen LogP contribution in [0, 0.1) is 0 Å². The topological polar surface area (TPSA) is 61.4 Å². The van der Waals surface area contributed by atoms with E-state index in [4.69, 9.17) is 0 Å². The van der Waals surface area contributed by atoms with Crippen LogP contribution in [0.1, 0.15) is 59.8 Å². The first-order valence-electron chi connectivity index (χ1n) is 8.13. The molecule has 0 bridgehead atoms. The smallest absolute Gasteiger partial charge is 0.239 e. The number of hydrogen-bond acceptors (Lipinski definition) is 3. The summed E-state index contributed by atoms with van der Waals surface area (Å²) in [6.07, 6.45) is 5.05. The van der Waals surface area contributed by atoms with Crippen molar-refractivity contribution in [1.29, 1.82) is 0 Å². The Bertz CT molecular complexity index is 342. The fourth-order valence-electron chi connectivity index (χ4n) is 2.54. The second kappa shape index (κ2) is 8.37. The number of hydrogen-bond donors (Lipinski definition) is 2. The molecule has 0 aromatic rings. The van der Waals surface area contributed by atoms with E-state index in [1.54, 1.807) is 0 Å². The van der Waals surface area contributed by atoms with Gasteiger partial charge in [0, 0.05) is 31.6 Å². The minimum atomic E-state index is -0.217. The third kappa shape index (κ3) is 7.46. The molecule has 0 saturated carbocycles. The summed E-state index contributed by atoms with van der Waals surface area (Å²) < 4.78 is 0. The van der Waals surface area contributed by atoms with E-state index in [-0.39, 0.29) is 23.4 Å². The lowest BCUT2D eigenvalue weighted by Crippen LogP contribution is -2.47. The number of likely N-dealkylation sites (tertiary alicyclic amines) is 1. The number of nitrogens with zero attached hydrogens (tertiary/aromatic N) is 1. The molecule has 0 radical (unpaired) electrons. The van der Waals surface area contributed by atoms with E-state index in [1.165, 1.54) is 12.8 Å². The van der Waals surface area contributed by atoms with Crippen LogP contribution >= 0.6 is 0 Å². The molecule has 1 aliphatic rings. The van der Waals surface area contributed by atoms with Gasteiger partial charge in [0.2, 0.25) is 11.8 Å². The molecule has 1 unspecified atom stereocenters. The molecule has 122 valence electrons. The summed E-state index contributed by atoms with van der Waals surface area (Å²) in [5.74, 6) is 0.178. The van der Waals surface area contributed by atoms with Crippen LogP contribution in [0.3, 0.4) is 0 Å². The molecule has 5 nitrogen and oxygen atoms in total. The van der Waals surface area contributed by atoms with Crippen LogP contribution in [0.25, 0.3) is 0 Å². The maximum absolute atomic E-state index is 12.3. The SMILES string of the molecule is CC(NCCC(=O)NC(C)(C)C)C(=O)N1CCCCCC1. The molecule has 0 aliphatic carbocycles. The lowest BCUT2D eigenvalue weighted by molar-refractivity contribution is -0.133. The molecular weight excluding hydrogens is 266 g/mol. The van der Waals surface area contributed by atoms with Crippen LogP contribution in [0.15, 0.2) is 0 Å². The quantitative estimate of drug-likeness (QED) is 0.811. The zero-order valence-corrected chi connectivity index (χ0v) is 14.0. The number of carbonyl (C=O) groups excluding carboxylic acids is 2. The first kappa shape index (κ1) is 18.0. The van der Waals surface area contributed by atoms with E-state index < -0.39 is 0 Å². The standard InChI is InChI=1S/C16H31N3O2/c1-13(15(21)19-11-7-5-6-8-12-19)17-10-9-14(20)18-16(2,3)4/h13,17H,5-12H2,1-4H3,(H,18,20). The largest absolute Gasteiger partial charge is 0.351 e. The molecule has 0 aromatic heterocycles. The Morgan fingerprint density at radius 1 is 1.10 bits per heavy atom. The molecule has 1 heterocycles. The predicted octanol–water partition coefficient (Wildman–Crippen LogP) is 1.67. The fourth-order valence-corrected chi connectivity index (χ4v) is 2.54. The first-order valence-corrected chi connectivity index (χ1v) is 8.13. The predicted molar refractivity (Wildman–Crippen MR) is 85.0 cm³/mol. The molecule has 1 rings (SSSR count). The third-order valence-corrected chi connectivity index (χ3v) is 3.61. The highest BCUT2D eigenvalue weighted by Gasteiger charge is 2.21. The van der Waals surface area contributed by atoms with Gasteiger partial charge in [-0.15, -0.1) is 0 Å². The van der Waals surface area contributed by atoms with Crippen LogP contribution in [-0.4, -0.2) is 47.9 Å². The van der Waals surface area contributed by atoms with E-state index >= 15 is 0 Å². The number of nitrogens with one attached hydrogen (secondary N) is 2. The molecule has 0 aromatic carbocycles. The molecule has 1 atom stereocenters. The van der Waals surface area contributed by atoms with Gasteiger partial charge in [-0.25, -0.2) is 0 Å². The van der Waals surface area contributed by atoms with Crippen molar-refractivity contribution in [3.8, 4) is 0 Å². The lowest BCUT2D eigenvalue weighted by Gasteiger charge is -2.25. The van der Waals surface area contributed by atoms with Crippen LogP contribution in [0.4, 0.5) is 0 Å². The summed E-state index contributed by atoms with van der Waals surface area (Å²) in [5.41, 5.74) is -0.204. The van der Waals surface area contributed by atoms with Gasteiger partial charge in [-0.3, -0.25) is 9.59 Å². The fraction of sp³-hybridized carbons (Fsp3) is 0.875. The van der Waals surface area contributed by atoms with Crippen molar-refractivity contribution >= 4 is 11.8 Å². The number of rotatable bonds is 5. The van der Waals surface area contributed by atoms with Crippen molar-refractivity contribution in [2.45, 2.75) is 71.4 Å². The van der Waals surface area contributed by atoms with Gasteiger partial charge in [-0.2, -0.15) is 0 Å². The Hall–Kier alpha value is -1.10. The highest BCUT2D eigenvalue weighted by atomic mass is 16.2. The molecule has 2 N–H and O–H groups in total. The Kier molecular flexibility index (Phi) is 7.15. The van der Waals surface area contributed by atoms with E-state index in [0.717, 1.165) is 25.9 Å². The molecule has 0 spiro atoms. The normalized spacial score (nSPS) is 18.0. The number of amides is 2. The van der Waals surface area contributed by atoms with Crippen LogP contribution < -0.4 is 10.6 Å². The van der Waals surface area contributed by atoms with Crippen molar-refractivity contribution in [3.63, 3.8) is 0 Å². The second-order valence-electron chi connectivity index (χ2n) is 6.96. The van der Waals surface area contributed by atoms with Crippen molar-refractivity contribution in [1.82, 2.24) is 15.5 Å². The third-order valence-electron chi connectivity index (χ3n) is 3.61. The Balaban J connectivity index is 2.27. The number of carbonyl (C=O) groups is 2. The molecule has 1 saturated heterocycles. The van der Waals surface area contributed by atoms with Crippen molar-refractivity contribution in [3.05, 3.63) is 0 Å². The van der Waals surface area contributed by atoms with Gasteiger partial charge in [-0.1, -0.05) is 12.8 Å². The van der Waals surface area contributed by atoms with Gasteiger partial charge < -0.3 is 15.5 Å². The van der Waals surface area contributed by atoms with Gasteiger partial charge in [0.05, 0.1) is 6.04 Å². The average Bonchev–Trinajstić information content (AvgIpc) is 2.64. The zero-order chi connectivity index (χ0) is 15.9. The molecule has 2 amide bonds. The van der Waals surface area contributed by atoms with Gasteiger partial charge in [-0.05, 0) is 40.5 Å². The lowest BCUT2D eigenvalue weighted by atomic mass is 10.1. The summed E-state index contributed by atoms with van der Waals surface area (Å²) in [6.45, 7) is 10.0. The maximum atomic E-state index is 12.3. The van der Waals surface area contributed by atoms with E-state index in [0.29, 0.717) is 13.0 Å². The maximum Gasteiger partial charge on any atom is 0.239 e. The van der Waals surface area contributed by atoms with Crippen LogP contribution in [-0.2, 0) is 9.59 Å². The molecule has 21 heavy (non-hydrogen) atoms. The van der Waals surface area contributed by atoms with E-state index in [9.17, 15) is 9.59 Å². The first-order chi connectivity index (χ1) is 9.79. The van der Waals surface area contributed by atoms with Gasteiger partial charge in [0.25, 0.3) is 0 Å². The van der Waals surface area contributed by atoms with Gasteiger partial charge in [0.1, 0.15) is 0 Å². The minimum absolute atomic E-state index is 0.0180. The molecule has 1 aliphatic heterocycles. The Labute approximate surface area is 128 Å². The zero-order valence-electron chi connectivity index (χ0n) is 14.0. The second-order valence-corrected chi connectivity index (χ2v) is 6.96. The van der Waals surface area contributed by atoms with Crippen LogP contribution in [0.5, 0.6) is 0 Å². The van der Waals surface area contributed by atoms with E-state index in [2.05, 4.69) is 10.6 Å². The van der Waals surface area contributed by atoms with Crippen molar-refractivity contribution < 1.29 is 9.59 Å². The Morgan fingerprint density at radius 2 is 1.67 bits per heavy atom. The van der Waals surface area contributed by atoms with Crippen molar-refractivity contribution in [2.24, 2.45) is 0 Å². The highest BCUT2D eigenvalue weighted by molar-refractivity contribution is 5.81. The molecule has 5 heteroatoms. The van der Waals surface area contributed by atoms with Gasteiger partial charge >= 0.3 is 0 Å². The van der Waals surface area contributed by atoms with Crippen molar-refractivity contribution in [2.75, 3.05) is 19.6 Å². The summed E-state index contributed by atoms with van der Waals surface area (Å²) in [4.78, 5) is 26.0. The van der Waals surface area contributed by atoms with Gasteiger partial charge in [0.15, 0.2) is 0 Å². The Morgan fingerprint density at radius 3 is 2.19 bits per heavy atom. The summed E-state index contributed by atoms with van der Waals surface area (Å²) >= 11 is 0. The van der Waals surface area contributed by atoms with E-state index in [1.807, 2.05) is 32.6 Å². The molecular formula is C16H31N3O2. The molecule has 1 fully saturated rings. The summed E-state index contributed by atoms with van der Waals surface area (Å²) in [7, 11) is 0. The summed E-state index contributed by atoms with van der Waals surface area (Å²) in [6, 6.07) is -0.217.